The number of benzene rings is 1. The van der Waals surface area contributed by atoms with Crippen LogP contribution < -0.4 is 0 Å². The lowest BCUT2D eigenvalue weighted by molar-refractivity contribution is -0.780. The summed E-state index contributed by atoms with van der Waals surface area (Å²) >= 11 is 0. The van der Waals surface area contributed by atoms with Gasteiger partial charge in [0.25, 0.3) is 0 Å². The van der Waals surface area contributed by atoms with Crippen LogP contribution in [-0.4, -0.2) is 29.6 Å². The molecule has 0 radical (unpaired) electrons. The van der Waals surface area contributed by atoms with E-state index in [0.717, 1.165) is 12.0 Å². The molecule has 2 rings (SSSR count). The second-order valence-corrected chi connectivity index (χ2v) is 5.78. The summed E-state index contributed by atoms with van der Waals surface area (Å²) in [5.41, 5.74) is 0.990. The maximum atomic E-state index is 12.6. The van der Waals surface area contributed by atoms with Gasteiger partial charge in [0, 0.05) is 5.56 Å². The van der Waals surface area contributed by atoms with Crippen molar-refractivity contribution in [2.45, 2.75) is 33.2 Å². The third-order valence-corrected chi connectivity index (χ3v) is 3.76. The molecule has 0 N–H and O–H groups in total. The lowest BCUT2D eigenvalue weighted by Crippen LogP contribution is -2.52. The fourth-order valence-corrected chi connectivity index (χ4v) is 2.48. The molecule has 1 unspecified atom stereocenters. The van der Waals surface area contributed by atoms with E-state index in [1.54, 1.807) is 0 Å². The number of rotatable bonds is 5. The summed E-state index contributed by atoms with van der Waals surface area (Å²) in [6.07, 6.45) is 0.836. The van der Waals surface area contributed by atoms with Crippen molar-refractivity contribution in [1.29, 1.82) is 0 Å². The Labute approximate surface area is 119 Å². The van der Waals surface area contributed by atoms with Crippen LogP contribution in [0.5, 0.6) is 0 Å². The van der Waals surface area contributed by atoms with Crippen molar-refractivity contribution < 1.29 is 18.8 Å². The largest absolute Gasteiger partial charge is 0.524 e. The molecule has 0 bridgehead atoms. The van der Waals surface area contributed by atoms with Gasteiger partial charge in [-0.25, -0.2) is 4.79 Å². The van der Waals surface area contributed by atoms with Gasteiger partial charge in [0.1, 0.15) is 19.7 Å². The number of hydrogen-bond donors (Lipinski definition) is 0. The summed E-state index contributed by atoms with van der Waals surface area (Å²) in [5.74, 6) is 0.430. The minimum atomic E-state index is -0.400. The third kappa shape index (κ3) is 3.07. The first kappa shape index (κ1) is 14.7. The minimum absolute atomic E-state index is 0.0231. The zero-order valence-corrected chi connectivity index (χ0v) is 12.2. The number of carbonyl (C=O) groups is 2. The average molecular weight is 276 g/mol. The van der Waals surface area contributed by atoms with Gasteiger partial charge < -0.3 is 4.74 Å². The van der Waals surface area contributed by atoms with E-state index in [2.05, 4.69) is 13.8 Å². The highest BCUT2D eigenvalue weighted by Gasteiger charge is 2.50. The van der Waals surface area contributed by atoms with Gasteiger partial charge in [-0.3, -0.25) is 0 Å². The first-order valence-corrected chi connectivity index (χ1v) is 7.16. The number of carbonyl (C=O) groups excluding carboxylic acids is 2. The Bertz CT molecular complexity index is 484. The van der Waals surface area contributed by atoms with E-state index in [0.29, 0.717) is 32.0 Å². The molecule has 0 spiro atoms. The van der Waals surface area contributed by atoms with Crippen molar-refractivity contribution in [2.24, 2.45) is 5.92 Å². The Morgan fingerprint density at radius 3 is 2.55 bits per heavy atom. The van der Waals surface area contributed by atoms with E-state index in [1.807, 2.05) is 30.3 Å². The first-order chi connectivity index (χ1) is 9.54. The minimum Gasteiger partial charge on any atom is -0.414 e. The van der Waals surface area contributed by atoms with E-state index < -0.39 is 6.09 Å². The number of cyclic esters (lactones) is 1. The van der Waals surface area contributed by atoms with Gasteiger partial charge in [-0.05, 0) is 12.3 Å². The standard InChI is InChI=1S/C16H22NO3/c1-13(2)8-9-15(18)17(10-11-20-16(17)19)12-14-6-4-3-5-7-14/h3-7,13H,8-12H2,1-2H3/q+1. The molecular formula is C16H22NO3+. The Morgan fingerprint density at radius 1 is 1.30 bits per heavy atom. The Hall–Kier alpha value is -1.68. The van der Waals surface area contributed by atoms with Crippen LogP contribution in [0.2, 0.25) is 0 Å². The Balaban J connectivity index is 2.18. The topological polar surface area (TPSA) is 43.4 Å². The van der Waals surface area contributed by atoms with Gasteiger partial charge in [-0.1, -0.05) is 44.2 Å². The smallest absolute Gasteiger partial charge is 0.414 e. The molecule has 1 aromatic rings. The molecule has 2 amide bonds. The zero-order valence-electron chi connectivity index (χ0n) is 12.2. The van der Waals surface area contributed by atoms with Gasteiger partial charge in [-0.15, -0.1) is 0 Å². The van der Waals surface area contributed by atoms with Crippen LogP contribution in [0.4, 0.5) is 4.79 Å². The normalized spacial score (nSPS) is 22.1. The molecule has 1 atom stereocenters. The lowest BCUT2D eigenvalue weighted by Gasteiger charge is -2.25. The molecule has 4 nitrogen and oxygen atoms in total. The van der Waals surface area contributed by atoms with Crippen molar-refractivity contribution in [3.63, 3.8) is 0 Å². The molecule has 0 saturated carbocycles. The predicted octanol–water partition coefficient (Wildman–Crippen LogP) is 3.12. The van der Waals surface area contributed by atoms with Crippen LogP contribution in [0.1, 0.15) is 32.3 Å². The molecule has 20 heavy (non-hydrogen) atoms. The van der Waals surface area contributed by atoms with Crippen LogP contribution in [-0.2, 0) is 16.1 Å². The van der Waals surface area contributed by atoms with Crippen molar-refractivity contribution in [3.05, 3.63) is 35.9 Å². The predicted molar refractivity (Wildman–Crippen MR) is 75.7 cm³/mol. The van der Waals surface area contributed by atoms with Gasteiger partial charge >= 0.3 is 12.0 Å². The number of quaternary nitrogens is 1. The fraction of sp³-hybridized carbons (Fsp3) is 0.500. The van der Waals surface area contributed by atoms with E-state index in [-0.39, 0.29) is 10.4 Å². The molecule has 108 valence electrons. The van der Waals surface area contributed by atoms with Crippen LogP contribution >= 0.6 is 0 Å². The SMILES string of the molecule is CC(C)CCC(=O)[N+]1(Cc2ccccc2)CCOC1=O. The molecule has 1 saturated heterocycles. The molecule has 1 fully saturated rings. The molecular weight excluding hydrogens is 254 g/mol. The van der Waals surface area contributed by atoms with Crippen LogP contribution in [0, 0.1) is 5.92 Å². The van der Waals surface area contributed by atoms with Crippen LogP contribution in [0.3, 0.4) is 0 Å². The molecule has 1 heterocycles. The number of imide groups is 1. The van der Waals surface area contributed by atoms with Crippen LogP contribution in [0.25, 0.3) is 0 Å². The fourth-order valence-electron chi connectivity index (χ4n) is 2.48. The zero-order chi connectivity index (χ0) is 14.6. The maximum Gasteiger partial charge on any atom is 0.524 e. The molecule has 1 aliphatic rings. The second-order valence-electron chi connectivity index (χ2n) is 5.78. The number of amides is 2. The second kappa shape index (κ2) is 6.18. The lowest BCUT2D eigenvalue weighted by atomic mass is 10.1. The molecule has 0 aliphatic carbocycles. The quantitative estimate of drug-likeness (QED) is 0.776. The van der Waals surface area contributed by atoms with Crippen molar-refractivity contribution >= 4 is 12.0 Å². The Morgan fingerprint density at radius 2 is 2.00 bits per heavy atom. The van der Waals surface area contributed by atoms with E-state index >= 15 is 0 Å². The van der Waals surface area contributed by atoms with Crippen molar-refractivity contribution in [3.8, 4) is 0 Å². The van der Waals surface area contributed by atoms with E-state index in [1.165, 1.54) is 0 Å². The molecule has 1 aromatic carbocycles. The highest BCUT2D eigenvalue weighted by atomic mass is 16.6. The summed E-state index contributed by atoms with van der Waals surface area (Å²) in [7, 11) is 0. The third-order valence-electron chi connectivity index (χ3n) is 3.76. The molecule has 4 heteroatoms. The molecule has 0 aromatic heterocycles. The maximum absolute atomic E-state index is 12.6. The van der Waals surface area contributed by atoms with Gasteiger partial charge in [0.2, 0.25) is 0 Å². The number of hydrogen-bond acceptors (Lipinski definition) is 3. The highest BCUT2D eigenvalue weighted by molar-refractivity contribution is 5.82. The van der Waals surface area contributed by atoms with Crippen molar-refractivity contribution in [2.75, 3.05) is 13.2 Å². The van der Waals surface area contributed by atoms with Crippen LogP contribution in [0.15, 0.2) is 30.3 Å². The average Bonchev–Trinajstić information content (AvgIpc) is 2.79. The first-order valence-electron chi connectivity index (χ1n) is 7.16. The van der Waals surface area contributed by atoms with Gasteiger partial charge in [-0.2, -0.15) is 9.28 Å². The summed E-state index contributed by atoms with van der Waals surface area (Å²) in [4.78, 5) is 24.7. The van der Waals surface area contributed by atoms with Crippen molar-refractivity contribution in [1.82, 2.24) is 0 Å². The Kier molecular flexibility index (Phi) is 4.55. The number of ether oxygens (including phenoxy) is 1. The summed E-state index contributed by atoms with van der Waals surface area (Å²) in [6.45, 7) is 5.34. The highest BCUT2D eigenvalue weighted by Crippen LogP contribution is 2.24. The van der Waals surface area contributed by atoms with Gasteiger partial charge in [0.15, 0.2) is 0 Å². The molecule has 1 aliphatic heterocycles. The summed E-state index contributed by atoms with van der Waals surface area (Å²) < 4.78 is 4.90. The van der Waals surface area contributed by atoms with E-state index in [4.69, 9.17) is 4.74 Å². The van der Waals surface area contributed by atoms with Gasteiger partial charge in [0.05, 0.1) is 6.42 Å². The van der Waals surface area contributed by atoms with E-state index in [9.17, 15) is 9.59 Å². The summed E-state index contributed by atoms with van der Waals surface area (Å²) in [6, 6.07) is 9.66. The summed E-state index contributed by atoms with van der Waals surface area (Å²) in [5, 5.41) is 0. The number of nitrogens with zero attached hydrogens (tertiary/aromatic N) is 1. The monoisotopic (exact) mass is 276 g/mol.